The van der Waals surface area contributed by atoms with Gasteiger partial charge in [-0.15, -0.1) is 0 Å². The third-order valence-electron chi connectivity index (χ3n) is 4.16. The Balaban J connectivity index is 1.94. The number of hydrogen-bond acceptors (Lipinski definition) is 3. The van der Waals surface area contributed by atoms with Crippen LogP contribution < -0.4 is 10.6 Å². The molecule has 1 aromatic carbocycles. The highest BCUT2D eigenvalue weighted by Crippen LogP contribution is 2.24. The fourth-order valence-corrected chi connectivity index (χ4v) is 3.24. The number of piperazine rings is 1. The molecule has 0 aliphatic carbocycles. The molecule has 2 rings (SSSR count). The van der Waals surface area contributed by atoms with E-state index >= 15 is 0 Å². The lowest BCUT2D eigenvalue weighted by Crippen LogP contribution is -2.57. The van der Waals surface area contributed by atoms with Crippen molar-refractivity contribution >= 4 is 23.1 Å². The third kappa shape index (κ3) is 4.35. The molecule has 21 heavy (non-hydrogen) atoms. The summed E-state index contributed by atoms with van der Waals surface area (Å²) in [7, 11) is 0. The summed E-state index contributed by atoms with van der Waals surface area (Å²) in [4.78, 5) is 4.95. The Bertz CT molecular complexity index is 462. The minimum absolute atomic E-state index is 0.287. The predicted molar refractivity (Wildman–Crippen MR) is 90.4 cm³/mol. The summed E-state index contributed by atoms with van der Waals surface area (Å²) in [6.45, 7) is 7.59. The molecule has 2 atom stereocenters. The van der Waals surface area contributed by atoms with Crippen LogP contribution in [-0.2, 0) is 0 Å². The molecule has 0 spiro atoms. The highest BCUT2D eigenvalue weighted by atomic mass is 35.5. The number of anilines is 1. The number of nitrogens with one attached hydrogen (secondary N) is 1. The van der Waals surface area contributed by atoms with E-state index in [0.29, 0.717) is 18.5 Å². The number of benzene rings is 1. The van der Waals surface area contributed by atoms with Crippen molar-refractivity contribution in [2.75, 3.05) is 24.5 Å². The van der Waals surface area contributed by atoms with Gasteiger partial charge in [-0.2, -0.15) is 0 Å². The van der Waals surface area contributed by atoms with Crippen molar-refractivity contribution in [1.82, 2.24) is 4.90 Å². The molecule has 0 bridgehead atoms. The molecule has 0 radical (unpaired) electrons. The summed E-state index contributed by atoms with van der Waals surface area (Å²) in [5.74, 6) is 0.287. The maximum absolute atomic E-state index is 7.31. The van der Waals surface area contributed by atoms with Gasteiger partial charge in [-0.1, -0.05) is 11.6 Å². The second kappa shape index (κ2) is 7.14. The van der Waals surface area contributed by atoms with Crippen molar-refractivity contribution in [2.24, 2.45) is 5.73 Å². The van der Waals surface area contributed by atoms with Crippen molar-refractivity contribution in [1.29, 1.82) is 5.41 Å². The maximum Gasteiger partial charge on any atom is 0.0905 e. The molecule has 1 saturated heterocycles. The van der Waals surface area contributed by atoms with E-state index in [4.69, 9.17) is 22.7 Å². The van der Waals surface area contributed by atoms with Gasteiger partial charge in [0.25, 0.3) is 0 Å². The van der Waals surface area contributed by atoms with E-state index in [9.17, 15) is 0 Å². The Labute approximate surface area is 132 Å². The summed E-state index contributed by atoms with van der Waals surface area (Å²) in [5, 5.41) is 8.09. The number of nitrogens with two attached hydrogens (primary N) is 1. The Morgan fingerprint density at radius 2 is 1.81 bits per heavy atom. The van der Waals surface area contributed by atoms with Crippen molar-refractivity contribution < 1.29 is 0 Å². The maximum atomic E-state index is 7.31. The first-order valence-electron chi connectivity index (χ1n) is 7.56. The zero-order valence-corrected chi connectivity index (χ0v) is 13.6. The van der Waals surface area contributed by atoms with E-state index < -0.39 is 0 Å². The van der Waals surface area contributed by atoms with Gasteiger partial charge < -0.3 is 10.6 Å². The average Bonchev–Trinajstić information content (AvgIpc) is 2.42. The van der Waals surface area contributed by atoms with Gasteiger partial charge in [0.1, 0.15) is 0 Å². The smallest absolute Gasteiger partial charge is 0.0905 e. The zero-order chi connectivity index (χ0) is 15.4. The van der Waals surface area contributed by atoms with Crippen molar-refractivity contribution in [2.45, 2.75) is 38.8 Å². The number of hydrogen-bond donors (Lipinski definition) is 2. The lowest BCUT2D eigenvalue weighted by Gasteiger charge is -2.45. The van der Waals surface area contributed by atoms with E-state index in [1.54, 1.807) is 0 Å². The standard InChI is InChI=1S/C16H25ClN4/c1-12-10-20(15-7-5-14(17)6-8-15)11-13(2)21(12)9-3-4-16(18)19/h5-8,12-13H,3-4,9-11H2,1-2H3,(H3,18,19)/t12-,13-/m1/s1. The fraction of sp³-hybridized carbons (Fsp3) is 0.562. The third-order valence-corrected chi connectivity index (χ3v) is 4.41. The van der Waals surface area contributed by atoms with Gasteiger partial charge in [-0.05, 0) is 51.1 Å². The molecule has 116 valence electrons. The molecule has 1 fully saturated rings. The highest BCUT2D eigenvalue weighted by molar-refractivity contribution is 6.30. The SMILES string of the molecule is C[C@@H]1CN(c2ccc(Cl)cc2)C[C@@H](C)N1CCCC(=N)N. The number of halogens is 1. The van der Waals surface area contributed by atoms with Crippen LogP contribution in [0.3, 0.4) is 0 Å². The van der Waals surface area contributed by atoms with Crippen molar-refractivity contribution in [3.8, 4) is 0 Å². The molecular formula is C16H25ClN4. The van der Waals surface area contributed by atoms with E-state index in [-0.39, 0.29) is 5.84 Å². The number of nitrogens with zero attached hydrogens (tertiary/aromatic N) is 2. The summed E-state index contributed by atoms with van der Waals surface area (Å²) >= 11 is 5.96. The molecular weight excluding hydrogens is 284 g/mol. The number of amidine groups is 1. The van der Waals surface area contributed by atoms with Gasteiger partial charge in [0.2, 0.25) is 0 Å². The van der Waals surface area contributed by atoms with E-state index in [1.165, 1.54) is 5.69 Å². The second-order valence-electron chi connectivity index (χ2n) is 5.95. The van der Waals surface area contributed by atoms with Crippen LogP contribution in [0.5, 0.6) is 0 Å². The van der Waals surface area contributed by atoms with E-state index in [0.717, 1.165) is 31.1 Å². The van der Waals surface area contributed by atoms with Crippen LogP contribution >= 0.6 is 11.6 Å². The summed E-state index contributed by atoms with van der Waals surface area (Å²) in [6, 6.07) is 9.07. The first-order chi connectivity index (χ1) is 9.97. The molecule has 0 aromatic heterocycles. The minimum atomic E-state index is 0.287. The van der Waals surface area contributed by atoms with E-state index in [1.807, 2.05) is 12.1 Å². The molecule has 3 N–H and O–H groups in total. The van der Waals surface area contributed by atoms with Crippen molar-refractivity contribution in [3.05, 3.63) is 29.3 Å². The second-order valence-corrected chi connectivity index (χ2v) is 6.38. The average molecular weight is 309 g/mol. The van der Waals surface area contributed by atoms with Gasteiger partial charge in [0, 0.05) is 42.3 Å². The first kappa shape index (κ1) is 16.1. The molecule has 0 saturated carbocycles. The topological polar surface area (TPSA) is 56.4 Å². The molecule has 1 aliphatic heterocycles. The molecule has 0 unspecified atom stereocenters. The molecule has 1 aromatic rings. The zero-order valence-electron chi connectivity index (χ0n) is 12.8. The van der Waals surface area contributed by atoms with Crippen LogP contribution in [0.1, 0.15) is 26.7 Å². The lowest BCUT2D eigenvalue weighted by molar-refractivity contribution is 0.131. The summed E-state index contributed by atoms with van der Waals surface area (Å²) in [5.41, 5.74) is 6.67. The molecule has 4 nitrogen and oxygen atoms in total. The van der Waals surface area contributed by atoms with Crippen molar-refractivity contribution in [3.63, 3.8) is 0 Å². The largest absolute Gasteiger partial charge is 0.388 e. The Hall–Kier alpha value is -1.26. The molecule has 1 aliphatic rings. The van der Waals surface area contributed by atoms with E-state index in [2.05, 4.69) is 35.8 Å². The van der Waals surface area contributed by atoms with Crippen LogP contribution in [0.2, 0.25) is 5.02 Å². The molecule has 0 amide bonds. The van der Waals surface area contributed by atoms with Gasteiger partial charge >= 0.3 is 0 Å². The summed E-state index contributed by atoms with van der Waals surface area (Å²) < 4.78 is 0. The van der Waals surface area contributed by atoms with Gasteiger partial charge in [-0.25, -0.2) is 0 Å². The Morgan fingerprint density at radius 3 is 2.33 bits per heavy atom. The minimum Gasteiger partial charge on any atom is -0.388 e. The van der Waals surface area contributed by atoms with Gasteiger partial charge in [-0.3, -0.25) is 10.3 Å². The lowest BCUT2D eigenvalue weighted by atomic mass is 10.1. The monoisotopic (exact) mass is 308 g/mol. The van der Waals surface area contributed by atoms with Crippen LogP contribution in [-0.4, -0.2) is 42.5 Å². The normalized spacial score (nSPS) is 23.3. The Kier molecular flexibility index (Phi) is 5.48. The van der Waals surface area contributed by atoms with Gasteiger partial charge in [0.15, 0.2) is 0 Å². The van der Waals surface area contributed by atoms with Gasteiger partial charge in [0.05, 0.1) is 5.84 Å². The summed E-state index contributed by atoms with van der Waals surface area (Å²) in [6.07, 6.45) is 1.65. The van der Waals surface area contributed by atoms with Crippen LogP contribution in [0, 0.1) is 5.41 Å². The quantitative estimate of drug-likeness (QED) is 0.649. The predicted octanol–water partition coefficient (Wildman–Crippen LogP) is 2.96. The van der Waals surface area contributed by atoms with Crippen LogP contribution in [0.4, 0.5) is 5.69 Å². The van der Waals surface area contributed by atoms with Crippen LogP contribution in [0.15, 0.2) is 24.3 Å². The molecule has 5 heteroatoms. The fourth-order valence-electron chi connectivity index (χ4n) is 3.11. The first-order valence-corrected chi connectivity index (χ1v) is 7.94. The van der Waals surface area contributed by atoms with Crippen LogP contribution in [0.25, 0.3) is 0 Å². The molecule has 1 heterocycles. The number of rotatable bonds is 5. The highest BCUT2D eigenvalue weighted by Gasteiger charge is 2.28. The Morgan fingerprint density at radius 1 is 1.24 bits per heavy atom.